The van der Waals surface area contributed by atoms with Gasteiger partial charge in [0.2, 0.25) is 5.91 Å². The number of carbonyl (C=O) groups is 2. The van der Waals surface area contributed by atoms with E-state index in [4.69, 9.17) is 9.47 Å². The number of amides is 2. The molecule has 1 aromatic rings. The highest BCUT2D eigenvalue weighted by Crippen LogP contribution is 2.21. The van der Waals surface area contributed by atoms with Crippen LogP contribution in [0, 0.1) is 5.92 Å². The molecule has 6 heteroatoms. The molecule has 1 atom stereocenters. The number of hydrogen-bond donors (Lipinski definition) is 1. The molecule has 1 aliphatic rings. The molecule has 2 rings (SSSR count). The van der Waals surface area contributed by atoms with E-state index < -0.39 is 11.7 Å². The van der Waals surface area contributed by atoms with Crippen LogP contribution in [0.5, 0.6) is 5.75 Å². The second-order valence-corrected chi connectivity index (χ2v) is 8.09. The number of nitrogens with zero attached hydrogens (tertiary/aromatic N) is 1. The molecule has 6 nitrogen and oxygen atoms in total. The van der Waals surface area contributed by atoms with E-state index in [-0.39, 0.29) is 5.91 Å². The third kappa shape index (κ3) is 7.25. The molecule has 0 aliphatic carbocycles. The van der Waals surface area contributed by atoms with Crippen molar-refractivity contribution in [3.63, 3.8) is 0 Å². The molecule has 1 saturated heterocycles. The molecule has 1 fully saturated rings. The Morgan fingerprint density at radius 1 is 1.29 bits per heavy atom. The van der Waals surface area contributed by atoms with E-state index in [1.54, 1.807) is 19.3 Å². The van der Waals surface area contributed by atoms with E-state index in [1.807, 2.05) is 49.9 Å². The van der Waals surface area contributed by atoms with Gasteiger partial charge in [-0.25, -0.2) is 4.79 Å². The number of benzene rings is 1. The van der Waals surface area contributed by atoms with Crippen LogP contribution in [0.2, 0.25) is 0 Å². The highest BCUT2D eigenvalue weighted by atomic mass is 16.6. The van der Waals surface area contributed by atoms with Crippen molar-refractivity contribution in [1.82, 2.24) is 10.2 Å². The first-order chi connectivity index (χ1) is 13.3. The SMILES string of the molecule is COc1ccccc1/C=C/C(=O)N1CCCC(CCNC(=O)OC(C)(C)C)C1. The van der Waals surface area contributed by atoms with Crippen molar-refractivity contribution < 1.29 is 19.1 Å². The minimum Gasteiger partial charge on any atom is -0.496 e. The summed E-state index contributed by atoms with van der Waals surface area (Å²) in [5.74, 6) is 1.14. The summed E-state index contributed by atoms with van der Waals surface area (Å²) in [6.07, 6.45) is 5.89. The van der Waals surface area contributed by atoms with Crippen molar-refractivity contribution in [1.29, 1.82) is 0 Å². The molecule has 0 radical (unpaired) electrons. The van der Waals surface area contributed by atoms with Crippen LogP contribution in [0.25, 0.3) is 6.08 Å². The number of hydrogen-bond acceptors (Lipinski definition) is 4. The number of alkyl carbamates (subject to hydrolysis) is 1. The van der Waals surface area contributed by atoms with Crippen molar-refractivity contribution in [3.8, 4) is 5.75 Å². The summed E-state index contributed by atoms with van der Waals surface area (Å²) in [6.45, 7) is 7.57. The van der Waals surface area contributed by atoms with Gasteiger partial charge in [0.1, 0.15) is 11.4 Å². The molecule has 1 unspecified atom stereocenters. The van der Waals surface area contributed by atoms with E-state index in [9.17, 15) is 9.59 Å². The van der Waals surface area contributed by atoms with Crippen molar-refractivity contribution in [2.75, 3.05) is 26.7 Å². The third-order valence-corrected chi connectivity index (χ3v) is 4.60. The summed E-state index contributed by atoms with van der Waals surface area (Å²) in [7, 11) is 1.62. The van der Waals surface area contributed by atoms with Crippen molar-refractivity contribution in [3.05, 3.63) is 35.9 Å². The van der Waals surface area contributed by atoms with Gasteiger partial charge in [-0.3, -0.25) is 4.79 Å². The molecule has 154 valence electrons. The highest BCUT2D eigenvalue weighted by molar-refractivity contribution is 5.92. The van der Waals surface area contributed by atoms with Crippen LogP contribution in [0.4, 0.5) is 4.79 Å². The quantitative estimate of drug-likeness (QED) is 0.752. The fourth-order valence-corrected chi connectivity index (χ4v) is 3.26. The third-order valence-electron chi connectivity index (χ3n) is 4.60. The van der Waals surface area contributed by atoms with Crippen LogP contribution in [0.1, 0.15) is 45.6 Å². The molecular formula is C22H32N2O4. The lowest BCUT2D eigenvalue weighted by Crippen LogP contribution is -2.40. The van der Waals surface area contributed by atoms with Crippen LogP contribution >= 0.6 is 0 Å². The lowest BCUT2D eigenvalue weighted by atomic mass is 9.94. The van der Waals surface area contributed by atoms with Crippen molar-refractivity contribution in [2.24, 2.45) is 5.92 Å². The Hall–Kier alpha value is -2.50. The lowest BCUT2D eigenvalue weighted by molar-refractivity contribution is -0.127. The minimum absolute atomic E-state index is 0.00991. The summed E-state index contributed by atoms with van der Waals surface area (Å²) in [4.78, 5) is 26.2. The van der Waals surface area contributed by atoms with E-state index in [1.165, 1.54) is 0 Å². The predicted molar refractivity (Wildman–Crippen MR) is 110 cm³/mol. The minimum atomic E-state index is -0.494. The van der Waals surface area contributed by atoms with Gasteiger partial charge >= 0.3 is 6.09 Å². The van der Waals surface area contributed by atoms with Crippen LogP contribution < -0.4 is 10.1 Å². The fourth-order valence-electron chi connectivity index (χ4n) is 3.26. The number of carbonyl (C=O) groups excluding carboxylic acids is 2. The number of nitrogens with one attached hydrogen (secondary N) is 1. The zero-order valence-corrected chi connectivity index (χ0v) is 17.4. The summed E-state index contributed by atoms with van der Waals surface area (Å²) in [5, 5.41) is 2.80. The van der Waals surface area contributed by atoms with E-state index in [2.05, 4.69) is 5.32 Å². The average molecular weight is 389 g/mol. The summed E-state index contributed by atoms with van der Waals surface area (Å²) in [5.41, 5.74) is 0.389. The number of methoxy groups -OCH3 is 1. The standard InChI is InChI=1S/C22H32N2O4/c1-22(2,3)28-21(26)23-14-13-17-8-7-15-24(16-17)20(25)12-11-18-9-5-6-10-19(18)27-4/h5-6,9-12,17H,7-8,13-16H2,1-4H3,(H,23,26)/b12-11+. The summed E-state index contributed by atoms with van der Waals surface area (Å²) in [6, 6.07) is 7.61. The predicted octanol–water partition coefficient (Wildman–Crippen LogP) is 3.86. The average Bonchev–Trinajstić information content (AvgIpc) is 2.65. The Balaban J connectivity index is 1.81. The van der Waals surface area contributed by atoms with Crippen LogP contribution in [0.3, 0.4) is 0 Å². The zero-order valence-electron chi connectivity index (χ0n) is 17.4. The smallest absolute Gasteiger partial charge is 0.407 e. The van der Waals surface area contributed by atoms with Gasteiger partial charge in [-0.05, 0) is 58.1 Å². The van der Waals surface area contributed by atoms with Gasteiger partial charge in [0.25, 0.3) is 0 Å². The molecule has 1 heterocycles. The molecule has 2 amide bonds. The normalized spacial score (nSPS) is 17.4. The van der Waals surface area contributed by atoms with E-state index >= 15 is 0 Å². The second-order valence-electron chi connectivity index (χ2n) is 8.09. The van der Waals surface area contributed by atoms with E-state index in [0.717, 1.165) is 37.1 Å². The number of para-hydroxylation sites is 1. The Kier molecular flexibility index (Phi) is 7.91. The Morgan fingerprint density at radius 2 is 2.04 bits per heavy atom. The molecule has 0 spiro atoms. The lowest BCUT2D eigenvalue weighted by Gasteiger charge is -2.32. The zero-order chi connectivity index (χ0) is 20.6. The number of ether oxygens (including phenoxy) is 2. The number of likely N-dealkylation sites (tertiary alicyclic amines) is 1. The van der Waals surface area contributed by atoms with Gasteiger partial charge in [0.05, 0.1) is 7.11 Å². The van der Waals surface area contributed by atoms with Crippen molar-refractivity contribution >= 4 is 18.1 Å². The first-order valence-electron chi connectivity index (χ1n) is 9.85. The fraction of sp³-hybridized carbons (Fsp3) is 0.545. The summed E-state index contributed by atoms with van der Waals surface area (Å²) < 4.78 is 10.6. The van der Waals surface area contributed by atoms with E-state index in [0.29, 0.717) is 19.0 Å². The monoisotopic (exact) mass is 388 g/mol. The maximum atomic E-state index is 12.6. The van der Waals surface area contributed by atoms with Gasteiger partial charge in [-0.2, -0.15) is 0 Å². The second kappa shape index (κ2) is 10.2. The first kappa shape index (κ1) is 21.8. The first-order valence-corrected chi connectivity index (χ1v) is 9.85. The number of piperidine rings is 1. The Bertz CT molecular complexity index is 694. The topological polar surface area (TPSA) is 67.9 Å². The molecule has 28 heavy (non-hydrogen) atoms. The van der Waals surface area contributed by atoms with Crippen molar-refractivity contribution in [2.45, 2.75) is 45.6 Å². The highest BCUT2D eigenvalue weighted by Gasteiger charge is 2.23. The number of rotatable bonds is 6. The molecule has 1 N–H and O–H groups in total. The maximum Gasteiger partial charge on any atom is 0.407 e. The van der Waals surface area contributed by atoms with Gasteiger partial charge in [0.15, 0.2) is 0 Å². The molecule has 0 aromatic heterocycles. The van der Waals surface area contributed by atoms with Gasteiger partial charge in [-0.15, -0.1) is 0 Å². The Morgan fingerprint density at radius 3 is 2.75 bits per heavy atom. The molecule has 1 aliphatic heterocycles. The molecule has 1 aromatic carbocycles. The van der Waals surface area contributed by atoms with Crippen LogP contribution in [-0.4, -0.2) is 49.2 Å². The molecule has 0 saturated carbocycles. The van der Waals surface area contributed by atoms with Gasteiger partial charge in [-0.1, -0.05) is 18.2 Å². The van der Waals surface area contributed by atoms with Gasteiger partial charge in [0, 0.05) is 31.3 Å². The molecule has 0 bridgehead atoms. The van der Waals surface area contributed by atoms with Crippen LogP contribution in [-0.2, 0) is 9.53 Å². The largest absolute Gasteiger partial charge is 0.496 e. The summed E-state index contributed by atoms with van der Waals surface area (Å²) >= 11 is 0. The Labute approximate surface area is 167 Å². The van der Waals surface area contributed by atoms with Gasteiger partial charge < -0.3 is 19.7 Å². The van der Waals surface area contributed by atoms with Crippen LogP contribution in [0.15, 0.2) is 30.3 Å². The molecular weight excluding hydrogens is 356 g/mol. The maximum absolute atomic E-state index is 12.6.